The second-order valence-electron chi connectivity index (χ2n) is 6.37. The molecule has 0 saturated carbocycles. The van der Waals surface area contributed by atoms with Crippen molar-refractivity contribution < 1.29 is 5.11 Å². The topological polar surface area (TPSA) is 60.4 Å². The highest BCUT2D eigenvalue weighted by molar-refractivity contribution is 7.16. The maximum atomic E-state index is 9.82. The molecule has 2 aromatic carbocycles. The van der Waals surface area contributed by atoms with E-state index in [4.69, 9.17) is 0 Å². The van der Waals surface area contributed by atoms with Crippen LogP contribution in [-0.2, 0) is 0 Å². The van der Waals surface area contributed by atoms with E-state index in [0.29, 0.717) is 0 Å². The van der Waals surface area contributed by atoms with E-state index >= 15 is 0 Å². The number of nitrogens with one attached hydrogen (secondary N) is 2. The van der Waals surface area contributed by atoms with Gasteiger partial charge in [0.1, 0.15) is 5.75 Å². The Bertz CT molecular complexity index is 914. The fourth-order valence-electron chi connectivity index (χ4n) is 3.02. The largest absolute Gasteiger partial charge is 0.507 e. The first-order valence-electron chi connectivity index (χ1n) is 9.02. The molecular weight excluding hydrogens is 356 g/mol. The summed E-state index contributed by atoms with van der Waals surface area (Å²) in [6.45, 7) is 4.17. The van der Waals surface area contributed by atoms with Crippen LogP contribution in [0.25, 0.3) is 12.2 Å². The van der Waals surface area contributed by atoms with E-state index in [1.807, 2.05) is 36.5 Å². The number of phenols is 1. The van der Waals surface area contributed by atoms with Gasteiger partial charge in [-0.2, -0.15) is 0 Å². The molecule has 4 rings (SSSR count). The number of phenolic OH excluding ortho intramolecular Hbond substituents is 1. The third-order valence-electron chi connectivity index (χ3n) is 4.49. The van der Waals surface area contributed by atoms with E-state index in [9.17, 15) is 5.11 Å². The molecule has 0 spiro atoms. The Labute approximate surface area is 163 Å². The number of piperazine rings is 1. The highest BCUT2D eigenvalue weighted by atomic mass is 32.1. The summed E-state index contributed by atoms with van der Waals surface area (Å²) in [4.78, 5) is 7.85. The predicted octanol–water partition coefficient (Wildman–Crippen LogP) is 4.17. The molecule has 27 heavy (non-hydrogen) atoms. The lowest BCUT2D eigenvalue weighted by Crippen LogP contribution is -2.43. The molecule has 6 heteroatoms. The molecule has 5 nitrogen and oxygen atoms in total. The van der Waals surface area contributed by atoms with Crippen LogP contribution in [0, 0.1) is 0 Å². The van der Waals surface area contributed by atoms with Crippen molar-refractivity contribution in [1.29, 1.82) is 0 Å². The SMILES string of the molecule is Oc1ccccc1/C=C/c1cnc(Nc2ccc(N3CCNCC3)cc2)s1. The van der Waals surface area contributed by atoms with Gasteiger partial charge < -0.3 is 20.6 Å². The van der Waals surface area contributed by atoms with Gasteiger partial charge in [0.25, 0.3) is 0 Å². The Morgan fingerprint density at radius 1 is 1.04 bits per heavy atom. The predicted molar refractivity (Wildman–Crippen MR) is 114 cm³/mol. The summed E-state index contributed by atoms with van der Waals surface area (Å²) < 4.78 is 0. The lowest BCUT2D eigenvalue weighted by Gasteiger charge is -2.29. The highest BCUT2D eigenvalue weighted by Gasteiger charge is 2.10. The number of aromatic hydroxyl groups is 1. The fraction of sp³-hybridized carbons (Fsp3) is 0.190. The minimum absolute atomic E-state index is 0.279. The standard InChI is InChI=1S/C21H22N4OS/c26-20-4-2-1-3-16(20)5-10-19-15-23-21(27-19)24-17-6-8-18(9-7-17)25-13-11-22-12-14-25/h1-10,15,22,26H,11-14H2,(H,23,24)/b10-5+. The Morgan fingerprint density at radius 3 is 2.59 bits per heavy atom. The van der Waals surface area contributed by atoms with Crippen molar-refractivity contribution in [2.75, 3.05) is 36.4 Å². The van der Waals surface area contributed by atoms with Crippen LogP contribution in [0.3, 0.4) is 0 Å². The van der Waals surface area contributed by atoms with Gasteiger partial charge in [-0.3, -0.25) is 0 Å². The van der Waals surface area contributed by atoms with Crippen molar-refractivity contribution in [3.8, 4) is 5.75 Å². The number of rotatable bonds is 5. The Kier molecular flexibility index (Phi) is 5.37. The fourth-order valence-corrected chi connectivity index (χ4v) is 3.76. The van der Waals surface area contributed by atoms with Crippen molar-refractivity contribution in [3.63, 3.8) is 0 Å². The summed E-state index contributed by atoms with van der Waals surface area (Å²) in [6, 6.07) is 15.8. The van der Waals surface area contributed by atoms with E-state index < -0.39 is 0 Å². The van der Waals surface area contributed by atoms with Crippen LogP contribution in [0.1, 0.15) is 10.4 Å². The molecule has 0 aliphatic carbocycles. The first-order valence-corrected chi connectivity index (χ1v) is 9.84. The summed E-state index contributed by atoms with van der Waals surface area (Å²) in [5.41, 5.74) is 3.08. The summed E-state index contributed by atoms with van der Waals surface area (Å²) >= 11 is 1.58. The highest BCUT2D eigenvalue weighted by Crippen LogP contribution is 2.26. The van der Waals surface area contributed by atoms with Crippen LogP contribution in [0.15, 0.2) is 54.7 Å². The number of hydrogen-bond donors (Lipinski definition) is 3. The molecule has 1 aromatic heterocycles. The van der Waals surface area contributed by atoms with Crippen molar-refractivity contribution in [2.45, 2.75) is 0 Å². The van der Waals surface area contributed by atoms with Gasteiger partial charge in [-0.05, 0) is 42.5 Å². The molecule has 3 aromatic rings. The molecule has 1 aliphatic heterocycles. The minimum atomic E-state index is 0.279. The molecule has 3 N–H and O–H groups in total. The summed E-state index contributed by atoms with van der Waals surface area (Å²) in [6.07, 6.45) is 5.69. The summed E-state index contributed by atoms with van der Waals surface area (Å²) in [5.74, 6) is 0.279. The Balaban J connectivity index is 1.39. The molecule has 0 atom stereocenters. The van der Waals surface area contributed by atoms with Gasteiger partial charge in [0.05, 0.1) is 0 Å². The zero-order valence-electron chi connectivity index (χ0n) is 14.9. The number of benzene rings is 2. The average molecular weight is 379 g/mol. The van der Waals surface area contributed by atoms with Gasteiger partial charge in [0.2, 0.25) is 0 Å². The second-order valence-corrected chi connectivity index (χ2v) is 7.43. The molecule has 1 aliphatic rings. The van der Waals surface area contributed by atoms with Gasteiger partial charge in [0, 0.05) is 54.2 Å². The molecule has 138 valence electrons. The van der Waals surface area contributed by atoms with Crippen molar-refractivity contribution >= 4 is 40.0 Å². The average Bonchev–Trinajstić information content (AvgIpc) is 3.16. The number of anilines is 3. The summed E-state index contributed by atoms with van der Waals surface area (Å²) in [5, 5.41) is 17.4. The zero-order chi connectivity index (χ0) is 18.5. The number of aromatic nitrogens is 1. The first-order chi connectivity index (χ1) is 13.3. The Morgan fingerprint density at radius 2 is 1.81 bits per heavy atom. The van der Waals surface area contributed by atoms with Gasteiger partial charge >= 0.3 is 0 Å². The van der Waals surface area contributed by atoms with E-state index in [-0.39, 0.29) is 5.75 Å². The molecule has 0 bridgehead atoms. The van der Waals surface area contributed by atoms with Gasteiger partial charge in [-0.25, -0.2) is 4.98 Å². The van der Waals surface area contributed by atoms with E-state index in [0.717, 1.165) is 47.4 Å². The Hall–Kier alpha value is -2.83. The molecule has 1 fully saturated rings. The van der Waals surface area contributed by atoms with Crippen LogP contribution < -0.4 is 15.5 Å². The van der Waals surface area contributed by atoms with Gasteiger partial charge in [-0.15, -0.1) is 0 Å². The number of hydrogen-bond acceptors (Lipinski definition) is 6. The van der Waals surface area contributed by atoms with Crippen LogP contribution >= 0.6 is 11.3 Å². The summed E-state index contributed by atoms with van der Waals surface area (Å²) in [7, 11) is 0. The number of nitrogens with zero attached hydrogens (tertiary/aromatic N) is 2. The molecule has 0 radical (unpaired) electrons. The van der Waals surface area contributed by atoms with Crippen molar-refractivity contribution in [2.24, 2.45) is 0 Å². The first kappa shape index (κ1) is 17.6. The van der Waals surface area contributed by atoms with Gasteiger partial charge in [-0.1, -0.05) is 29.5 Å². The van der Waals surface area contributed by atoms with Gasteiger partial charge in [0.15, 0.2) is 5.13 Å². The van der Waals surface area contributed by atoms with Crippen LogP contribution in [0.2, 0.25) is 0 Å². The van der Waals surface area contributed by atoms with Crippen molar-refractivity contribution in [3.05, 3.63) is 65.2 Å². The quantitative estimate of drug-likeness (QED) is 0.622. The lowest BCUT2D eigenvalue weighted by molar-refractivity contribution is 0.474. The van der Waals surface area contributed by atoms with E-state index in [1.165, 1.54) is 5.69 Å². The second kappa shape index (κ2) is 8.24. The van der Waals surface area contributed by atoms with Crippen molar-refractivity contribution in [1.82, 2.24) is 10.3 Å². The molecule has 0 amide bonds. The molecule has 1 saturated heterocycles. The van der Waals surface area contributed by atoms with Crippen LogP contribution in [0.4, 0.5) is 16.5 Å². The van der Waals surface area contributed by atoms with Crippen LogP contribution in [0.5, 0.6) is 5.75 Å². The monoisotopic (exact) mass is 378 g/mol. The van der Waals surface area contributed by atoms with E-state index in [2.05, 4.69) is 44.8 Å². The molecular formula is C21H22N4OS. The lowest BCUT2D eigenvalue weighted by atomic mass is 10.2. The maximum absolute atomic E-state index is 9.82. The molecule has 2 heterocycles. The number of para-hydroxylation sites is 1. The normalized spacial score (nSPS) is 14.6. The minimum Gasteiger partial charge on any atom is -0.507 e. The third-order valence-corrected chi connectivity index (χ3v) is 5.37. The molecule has 0 unspecified atom stereocenters. The number of thiazole rings is 1. The smallest absolute Gasteiger partial charge is 0.187 e. The maximum Gasteiger partial charge on any atom is 0.187 e. The zero-order valence-corrected chi connectivity index (χ0v) is 15.7. The van der Waals surface area contributed by atoms with E-state index in [1.54, 1.807) is 17.4 Å². The van der Waals surface area contributed by atoms with Crippen LogP contribution in [-0.4, -0.2) is 36.3 Å². The third kappa shape index (κ3) is 4.48.